The molecule has 11 nitrogen and oxygen atoms in total. The molecule has 0 saturated carbocycles. The monoisotopic (exact) mass is 497 g/mol. The third-order valence-electron chi connectivity index (χ3n) is 3.94. The minimum absolute atomic E-state index is 0.359. The molecule has 0 radical (unpaired) electrons. The third-order valence-corrected chi connectivity index (χ3v) is 3.94. The second-order valence-electron chi connectivity index (χ2n) is 8.18. The quantitative estimate of drug-likeness (QED) is 0.183. The van der Waals surface area contributed by atoms with Crippen LogP contribution in [0.25, 0.3) is 0 Å². The fourth-order valence-electron chi connectivity index (χ4n) is 2.20. The average molecular weight is 498 g/mol. The van der Waals surface area contributed by atoms with Gasteiger partial charge in [-0.2, -0.15) is 0 Å². The molecule has 1 amide bonds. The Morgan fingerprint density at radius 2 is 0.853 bits per heavy atom. The van der Waals surface area contributed by atoms with Gasteiger partial charge in [0, 0.05) is 20.7 Å². The van der Waals surface area contributed by atoms with E-state index in [4.69, 9.17) is 42.6 Å². The molecule has 0 saturated heterocycles. The number of amides is 1. The average Bonchev–Trinajstić information content (AvgIpc) is 2.78. The molecule has 204 valence electrons. The molecule has 0 bridgehead atoms. The summed E-state index contributed by atoms with van der Waals surface area (Å²) >= 11 is 0. The fraction of sp³-hybridized carbons (Fsp3) is 0.957. The summed E-state index contributed by atoms with van der Waals surface area (Å²) < 4.78 is 48.0. The first-order valence-electron chi connectivity index (χ1n) is 11.8. The van der Waals surface area contributed by atoms with E-state index in [1.807, 2.05) is 20.8 Å². The molecule has 0 aromatic carbocycles. The van der Waals surface area contributed by atoms with Crippen molar-refractivity contribution in [2.45, 2.75) is 26.4 Å². The highest BCUT2D eigenvalue weighted by atomic mass is 16.6. The van der Waals surface area contributed by atoms with Gasteiger partial charge in [0.1, 0.15) is 5.60 Å². The van der Waals surface area contributed by atoms with E-state index in [9.17, 15) is 4.79 Å². The first kappa shape index (κ1) is 33.0. The predicted molar refractivity (Wildman–Crippen MR) is 126 cm³/mol. The van der Waals surface area contributed by atoms with Gasteiger partial charge in [-0.1, -0.05) is 0 Å². The Morgan fingerprint density at radius 3 is 1.15 bits per heavy atom. The zero-order valence-corrected chi connectivity index (χ0v) is 21.8. The van der Waals surface area contributed by atoms with E-state index in [2.05, 4.69) is 0 Å². The van der Waals surface area contributed by atoms with Crippen LogP contribution in [0.4, 0.5) is 4.79 Å². The molecular formula is C23H47NO10. The number of ether oxygens (including phenoxy) is 9. The second kappa shape index (κ2) is 23.7. The van der Waals surface area contributed by atoms with Crippen molar-refractivity contribution < 1.29 is 47.4 Å². The summed E-state index contributed by atoms with van der Waals surface area (Å²) in [6, 6.07) is 0. The van der Waals surface area contributed by atoms with Crippen molar-refractivity contribution in [3.8, 4) is 0 Å². The van der Waals surface area contributed by atoms with Gasteiger partial charge < -0.3 is 47.5 Å². The molecule has 0 N–H and O–H groups in total. The lowest BCUT2D eigenvalue weighted by atomic mass is 10.2. The molecule has 0 atom stereocenters. The molecule has 0 aliphatic heterocycles. The van der Waals surface area contributed by atoms with Crippen molar-refractivity contribution in [3.05, 3.63) is 0 Å². The van der Waals surface area contributed by atoms with Crippen molar-refractivity contribution in [2.75, 3.05) is 120 Å². The minimum Gasteiger partial charge on any atom is -0.444 e. The van der Waals surface area contributed by atoms with Crippen molar-refractivity contribution >= 4 is 6.09 Å². The summed E-state index contributed by atoms with van der Waals surface area (Å²) in [6.45, 7) is 13.7. The maximum Gasteiger partial charge on any atom is 0.410 e. The Morgan fingerprint density at radius 1 is 0.559 bits per heavy atom. The maximum atomic E-state index is 11.8. The lowest BCUT2D eigenvalue weighted by molar-refractivity contribution is -0.0227. The van der Waals surface area contributed by atoms with Crippen LogP contribution < -0.4 is 0 Å². The van der Waals surface area contributed by atoms with Gasteiger partial charge in [-0.15, -0.1) is 0 Å². The molecule has 0 heterocycles. The van der Waals surface area contributed by atoms with Crippen molar-refractivity contribution in [1.82, 2.24) is 4.90 Å². The normalized spacial score (nSPS) is 11.7. The zero-order chi connectivity index (χ0) is 25.3. The Labute approximate surface area is 205 Å². The van der Waals surface area contributed by atoms with Crippen LogP contribution in [0.15, 0.2) is 0 Å². The van der Waals surface area contributed by atoms with Crippen LogP contribution in [0.2, 0.25) is 0 Å². The number of hydrogen-bond acceptors (Lipinski definition) is 10. The largest absolute Gasteiger partial charge is 0.444 e. The van der Waals surface area contributed by atoms with Gasteiger partial charge in [0.25, 0.3) is 0 Å². The summed E-state index contributed by atoms with van der Waals surface area (Å²) in [5.41, 5.74) is -0.501. The summed E-state index contributed by atoms with van der Waals surface area (Å²) in [4.78, 5) is 13.3. The number of carbonyl (C=O) groups is 1. The summed E-state index contributed by atoms with van der Waals surface area (Å²) in [5, 5.41) is 0. The van der Waals surface area contributed by atoms with Gasteiger partial charge in [-0.05, 0) is 20.8 Å². The molecule has 0 spiro atoms. The Balaban J connectivity index is 3.18. The molecule has 34 heavy (non-hydrogen) atoms. The summed E-state index contributed by atoms with van der Waals surface area (Å²) in [6.07, 6.45) is -0.359. The maximum absolute atomic E-state index is 11.8. The Bertz CT molecular complexity index is 448. The van der Waals surface area contributed by atoms with E-state index in [1.165, 1.54) is 4.90 Å². The molecule has 11 heteroatoms. The van der Waals surface area contributed by atoms with Gasteiger partial charge in [0.05, 0.1) is 99.1 Å². The predicted octanol–water partition coefficient (Wildman–Crippen LogP) is 1.62. The number of hydrogen-bond donors (Lipinski definition) is 0. The number of nitrogens with zero attached hydrogens (tertiary/aromatic N) is 1. The topological polar surface area (TPSA) is 103 Å². The van der Waals surface area contributed by atoms with Crippen LogP contribution in [0.5, 0.6) is 0 Å². The molecule has 0 fully saturated rings. The first-order valence-corrected chi connectivity index (χ1v) is 11.8. The number of carbonyl (C=O) groups excluding carboxylic acids is 1. The number of likely N-dealkylation sites (N-methyl/N-ethyl adjacent to an activating group) is 1. The van der Waals surface area contributed by atoms with E-state index in [0.29, 0.717) is 106 Å². The summed E-state index contributed by atoms with van der Waals surface area (Å²) in [7, 11) is 3.32. The number of rotatable bonds is 24. The highest BCUT2D eigenvalue weighted by molar-refractivity contribution is 5.67. The Kier molecular flexibility index (Phi) is 22.9. The van der Waals surface area contributed by atoms with Crippen LogP contribution in [0, 0.1) is 0 Å². The van der Waals surface area contributed by atoms with Gasteiger partial charge in [0.2, 0.25) is 0 Å². The molecule has 0 aromatic heterocycles. The van der Waals surface area contributed by atoms with Crippen LogP contribution in [-0.2, 0) is 42.6 Å². The van der Waals surface area contributed by atoms with Gasteiger partial charge >= 0.3 is 6.09 Å². The lowest BCUT2D eigenvalue weighted by Crippen LogP contribution is -2.36. The minimum atomic E-state index is -0.501. The van der Waals surface area contributed by atoms with Crippen LogP contribution in [-0.4, -0.2) is 136 Å². The fourth-order valence-corrected chi connectivity index (χ4v) is 2.20. The number of methoxy groups -OCH3 is 1. The smallest absolute Gasteiger partial charge is 0.410 e. The Hall–Kier alpha value is -1.05. The van der Waals surface area contributed by atoms with E-state index >= 15 is 0 Å². The molecular weight excluding hydrogens is 450 g/mol. The third kappa shape index (κ3) is 25.6. The van der Waals surface area contributed by atoms with E-state index in [-0.39, 0.29) is 6.09 Å². The molecule has 0 aromatic rings. The van der Waals surface area contributed by atoms with Gasteiger partial charge in [-0.3, -0.25) is 0 Å². The van der Waals surface area contributed by atoms with Crippen molar-refractivity contribution in [2.24, 2.45) is 0 Å². The van der Waals surface area contributed by atoms with E-state index in [1.54, 1.807) is 14.2 Å². The van der Waals surface area contributed by atoms with Crippen LogP contribution >= 0.6 is 0 Å². The van der Waals surface area contributed by atoms with Crippen molar-refractivity contribution in [3.63, 3.8) is 0 Å². The highest BCUT2D eigenvalue weighted by Gasteiger charge is 2.19. The van der Waals surface area contributed by atoms with Crippen molar-refractivity contribution in [1.29, 1.82) is 0 Å². The molecule has 0 rings (SSSR count). The molecule has 0 unspecified atom stereocenters. The van der Waals surface area contributed by atoms with Gasteiger partial charge in [-0.25, -0.2) is 4.79 Å². The SMILES string of the molecule is COCCOCCOCCOCCOCCOCCOCCOCCN(C)C(=O)OC(C)(C)C. The van der Waals surface area contributed by atoms with Crippen LogP contribution in [0.1, 0.15) is 20.8 Å². The van der Waals surface area contributed by atoms with Gasteiger partial charge in [0.15, 0.2) is 0 Å². The lowest BCUT2D eigenvalue weighted by Gasteiger charge is -2.24. The second-order valence-corrected chi connectivity index (χ2v) is 8.18. The first-order chi connectivity index (χ1) is 16.4. The molecule has 0 aliphatic rings. The highest BCUT2D eigenvalue weighted by Crippen LogP contribution is 2.08. The van der Waals surface area contributed by atoms with E-state index < -0.39 is 5.60 Å². The zero-order valence-electron chi connectivity index (χ0n) is 21.8. The molecule has 0 aliphatic carbocycles. The standard InChI is InChI=1S/C23H47NO10/c1-23(2,3)34-22(25)24(4)6-7-27-10-11-29-14-15-31-18-19-33-21-20-32-17-16-30-13-12-28-9-8-26-5/h6-21H2,1-5H3. The summed E-state index contributed by atoms with van der Waals surface area (Å²) in [5.74, 6) is 0. The van der Waals surface area contributed by atoms with Crippen LogP contribution in [0.3, 0.4) is 0 Å². The van der Waals surface area contributed by atoms with E-state index in [0.717, 1.165) is 0 Å².